The van der Waals surface area contributed by atoms with Crippen LogP contribution < -0.4 is 0 Å². The van der Waals surface area contributed by atoms with Gasteiger partial charge in [0.2, 0.25) is 0 Å². The van der Waals surface area contributed by atoms with Gasteiger partial charge >= 0.3 is 0 Å². The third-order valence-corrected chi connectivity index (χ3v) is 3.05. The smallest absolute Gasteiger partial charge is 0.0317 e. The fraction of sp³-hybridized carbons (Fsp3) is 0.667. The zero-order valence-corrected chi connectivity index (χ0v) is 7.81. The van der Waals surface area contributed by atoms with Gasteiger partial charge in [-0.2, -0.15) is 0 Å². The zero-order chi connectivity index (χ0) is 8.23. The van der Waals surface area contributed by atoms with Gasteiger partial charge in [-0.3, -0.25) is 0 Å². The molecule has 0 atom stereocenters. The summed E-state index contributed by atoms with van der Waals surface area (Å²) in [4.78, 5) is 0. The van der Waals surface area contributed by atoms with Gasteiger partial charge in [0, 0.05) is 0 Å². The van der Waals surface area contributed by atoms with E-state index >= 15 is 0 Å². The van der Waals surface area contributed by atoms with E-state index in [4.69, 9.17) is 0 Å². The van der Waals surface area contributed by atoms with E-state index in [-0.39, 0.29) is 0 Å². The Labute approximate surface area is 75.4 Å². The van der Waals surface area contributed by atoms with Gasteiger partial charge in [0.1, 0.15) is 0 Å². The van der Waals surface area contributed by atoms with Crippen LogP contribution >= 0.6 is 0 Å². The second-order valence-electron chi connectivity index (χ2n) is 4.06. The maximum atomic E-state index is 2.40. The molecule has 0 heterocycles. The van der Waals surface area contributed by atoms with Crippen molar-refractivity contribution < 1.29 is 0 Å². The van der Waals surface area contributed by atoms with Gasteiger partial charge in [-0.1, -0.05) is 23.3 Å². The summed E-state index contributed by atoms with van der Waals surface area (Å²) >= 11 is 0. The Morgan fingerprint density at radius 1 is 0.583 bits per heavy atom. The second kappa shape index (κ2) is 3.93. The monoisotopic (exact) mass is 162 g/mol. The maximum Gasteiger partial charge on any atom is -0.0317 e. The number of rotatable bonds is 1. The minimum Gasteiger partial charge on any atom is -0.0702 e. The Morgan fingerprint density at radius 3 is 1.25 bits per heavy atom. The van der Waals surface area contributed by atoms with E-state index in [9.17, 15) is 0 Å². The van der Waals surface area contributed by atoms with Crippen LogP contribution in [0.1, 0.15) is 51.4 Å². The molecular formula is C12H18. The molecule has 66 valence electrons. The predicted octanol–water partition coefficient (Wildman–Crippen LogP) is 3.99. The number of allylic oxidation sites excluding steroid dienone is 4. The highest BCUT2D eigenvalue weighted by atomic mass is 14.1. The highest BCUT2D eigenvalue weighted by Crippen LogP contribution is 2.27. The summed E-state index contributed by atoms with van der Waals surface area (Å²) in [5.41, 5.74) is 3.38. The minimum atomic E-state index is 1.36. The molecule has 2 aliphatic carbocycles. The highest BCUT2D eigenvalue weighted by molar-refractivity contribution is 5.20. The number of hydrogen-bond donors (Lipinski definition) is 0. The van der Waals surface area contributed by atoms with Gasteiger partial charge in [-0.05, 0) is 51.4 Å². The molecule has 2 rings (SSSR count). The standard InChI is InChI=1S/C12H18/c1-2-6-11(5-1)9-10-12-7-3-4-8-12/h9-10H,1-8H2. The van der Waals surface area contributed by atoms with Crippen molar-refractivity contribution in [1.29, 1.82) is 0 Å². The van der Waals surface area contributed by atoms with Gasteiger partial charge in [-0.15, -0.1) is 0 Å². The molecule has 0 bridgehead atoms. The topological polar surface area (TPSA) is 0 Å². The zero-order valence-electron chi connectivity index (χ0n) is 7.81. The Morgan fingerprint density at radius 2 is 0.917 bits per heavy atom. The second-order valence-corrected chi connectivity index (χ2v) is 4.06. The van der Waals surface area contributed by atoms with Crippen molar-refractivity contribution >= 4 is 0 Å². The molecule has 0 heteroatoms. The lowest BCUT2D eigenvalue weighted by Gasteiger charge is -1.93. The first-order chi connectivity index (χ1) is 5.95. The lowest BCUT2D eigenvalue weighted by molar-refractivity contribution is 0.886. The van der Waals surface area contributed by atoms with E-state index in [2.05, 4.69) is 12.2 Å². The molecule has 0 aromatic carbocycles. The molecule has 0 amide bonds. The molecule has 0 unspecified atom stereocenters. The molecule has 0 aliphatic heterocycles. The van der Waals surface area contributed by atoms with E-state index in [0.717, 1.165) is 0 Å². The Hall–Kier alpha value is -0.520. The molecule has 2 saturated carbocycles. The van der Waals surface area contributed by atoms with Gasteiger partial charge in [0.05, 0.1) is 0 Å². The normalized spacial score (nSPS) is 23.3. The van der Waals surface area contributed by atoms with Crippen molar-refractivity contribution in [2.75, 3.05) is 0 Å². The Kier molecular flexibility index (Phi) is 2.65. The molecular weight excluding hydrogens is 144 g/mol. The quantitative estimate of drug-likeness (QED) is 0.547. The molecule has 2 aliphatic rings. The summed E-state index contributed by atoms with van der Waals surface area (Å²) in [7, 11) is 0. The lowest BCUT2D eigenvalue weighted by atomic mass is 10.1. The van der Waals surface area contributed by atoms with Crippen molar-refractivity contribution in [2.45, 2.75) is 51.4 Å². The fourth-order valence-corrected chi connectivity index (χ4v) is 2.23. The van der Waals surface area contributed by atoms with E-state index in [1.54, 1.807) is 11.1 Å². The Bertz CT molecular complexity index is 168. The summed E-state index contributed by atoms with van der Waals surface area (Å²) in [5.74, 6) is 0. The van der Waals surface area contributed by atoms with Crippen LogP contribution in [0.4, 0.5) is 0 Å². The fourth-order valence-electron chi connectivity index (χ4n) is 2.23. The summed E-state index contributed by atoms with van der Waals surface area (Å²) < 4.78 is 0. The predicted molar refractivity (Wildman–Crippen MR) is 53.1 cm³/mol. The van der Waals surface area contributed by atoms with Crippen molar-refractivity contribution in [3.05, 3.63) is 23.3 Å². The molecule has 12 heavy (non-hydrogen) atoms. The first kappa shape index (κ1) is 8.10. The lowest BCUT2D eigenvalue weighted by Crippen LogP contribution is -1.73. The molecule has 0 N–H and O–H groups in total. The summed E-state index contributed by atoms with van der Waals surface area (Å²) in [5, 5.41) is 0. The first-order valence-corrected chi connectivity index (χ1v) is 5.32. The van der Waals surface area contributed by atoms with Gasteiger partial charge in [-0.25, -0.2) is 0 Å². The minimum absolute atomic E-state index is 1.36. The van der Waals surface area contributed by atoms with E-state index in [1.807, 2.05) is 0 Å². The van der Waals surface area contributed by atoms with Crippen molar-refractivity contribution in [3.63, 3.8) is 0 Å². The van der Waals surface area contributed by atoms with E-state index in [1.165, 1.54) is 51.4 Å². The average molecular weight is 162 g/mol. The molecule has 0 spiro atoms. The first-order valence-electron chi connectivity index (χ1n) is 5.32. The van der Waals surface area contributed by atoms with Gasteiger partial charge < -0.3 is 0 Å². The summed E-state index contributed by atoms with van der Waals surface area (Å²) in [6.45, 7) is 0. The molecule has 0 nitrogen and oxygen atoms in total. The van der Waals surface area contributed by atoms with E-state index < -0.39 is 0 Å². The third kappa shape index (κ3) is 2.00. The van der Waals surface area contributed by atoms with Gasteiger partial charge in [0.15, 0.2) is 0 Å². The molecule has 2 fully saturated rings. The van der Waals surface area contributed by atoms with Crippen LogP contribution in [-0.4, -0.2) is 0 Å². The van der Waals surface area contributed by atoms with Crippen LogP contribution in [0.5, 0.6) is 0 Å². The molecule has 0 saturated heterocycles. The van der Waals surface area contributed by atoms with Crippen LogP contribution in [0.15, 0.2) is 23.3 Å². The SMILES string of the molecule is C(C=C1CCCC1)=C1CCCC1. The van der Waals surface area contributed by atoms with Gasteiger partial charge in [0.25, 0.3) is 0 Å². The Balaban J connectivity index is 1.93. The van der Waals surface area contributed by atoms with Crippen molar-refractivity contribution in [1.82, 2.24) is 0 Å². The van der Waals surface area contributed by atoms with Crippen LogP contribution in [0.2, 0.25) is 0 Å². The van der Waals surface area contributed by atoms with Crippen molar-refractivity contribution in [2.24, 2.45) is 0 Å². The third-order valence-electron chi connectivity index (χ3n) is 3.05. The van der Waals surface area contributed by atoms with E-state index in [0.29, 0.717) is 0 Å². The molecule has 0 aromatic heterocycles. The highest BCUT2D eigenvalue weighted by Gasteiger charge is 2.07. The maximum absolute atomic E-state index is 2.40. The summed E-state index contributed by atoms with van der Waals surface area (Å²) in [6.07, 6.45) is 16.0. The average Bonchev–Trinajstić information content (AvgIpc) is 2.74. The summed E-state index contributed by atoms with van der Waals surface area (Å²) in [6, 6.07) is 0. The van der Waals surface area contributed by atoms with Crippen LogP contribution in [0.3, 0.4) is 0 Å². The van der Waals surface area contributed by atoms with Crippen LogP contribution in [-0.2, 0) is 0 Å². The molecule has 0 aromatic rings. The van der Waals surface area contributed by atoms with Crippen molar-refractivity contribution in [3.8, 4) is 0 Å². The van der Waals surface area contributed by atoms with Crippen LogP contribution in [0, 0.1) is 0 Å². The van der Waals surface area contributed by atoms with Crippen LogP contribution in [0.25, 0.3) is 0 Å². The number of hydrogen-bond acceptors (Lipinski definition) is 0. The largest absolute Gasteiger partial charge is 0.0702 e. The molecule has 0 radical (unpaired) electrons.